The van der Waals surface area contributed by atoms with Crippen molar-refractivity contribution >= 4 is 11.9 Å². The molecule has 0 aliphatic carbocycles. The molecule has 0 fully saturated rings. The molecule has 1 aromatic heterocycles. The van der Waals surface area contributed by atoms with Gasteiger partial charge in [-0.05, 0) is 29.8 Å². The number of hydrogen-bond acceptors (Lipinski definition) is 4. The summed E-state index contributed by atoms with van der Waals surface area (Å²) >= 11 is 0. The summed E-state index contributed by atoms with van der Waals surface area (Å²) in [4.78, 5) is 25.3. The third-order valence-electron chi connectivity index (χ3n) is 3.47. The van der Waals surface area contributed by atoms with E-state index in [2.05, 4.69) is 4.74 Å². The van der Waals surface area contributed by atoms with Gasteiger partial charge in [0.05, 0.1) is 0 Å². The van der Waals surface area contributed by atoms with Gasteiger partial charge in [-0.2, -0.15) is 8.78 Å². The van der Waals surface area contributed by atoms with Gasteiger partial charge in [0.2, 0.25) is 0 Å². The van der Waals surface area contributed by atoms with Crippen LogP contribution in [0.5, 0.6) is 5.75 Å². The SMILES string of the molecule is CN(Cc1ccc(OC(F)F)cc1)C(=O)COC(=O)c1cccn1C. The van der Waals surface area contributed by atoms with E-state index >= 15 is 0 Å². The van der Waals surface area contributed by atoms with Crippen molar-refractivity contribution in [2.24, 2.45) is 7.05 Å². The second kappa shape index (κ2) is 8.27. The highest BCUT2D eigenvalue weighted by Crippen LogP contribution is 2.15. The fourth-order valence-corrected chi connectivity index (χ4v) is 2.12. The molecule has 0 N–H and O–H groups in total. The zero-order chi connectivity index (χ0) is 18.4. The van der Waals surface area contributed by atoms with Crippen LogP contribution in [-0.2, 0) is 23.1 Å². The first-order chi connectivity index (χ1) is 11.9. The summed E-state index contributed by atoms with van der Waals surface area (Å²) in [7, 11) is 3.26. The maximum atomic E-state index is 12.1. The normalized spacial score (nSPS) is 10.6. The van der Waals surface area contributed by atoms with Crippen LogP contribution in [0, 0.1) is 0 Å². The third kappa shape index (κ3) is 5.30. The van der Waals surface area contributed by atoms with Crippen LogP contribution < -0.4 is 4.74 Å². The van der Waals surface area contributed by atoms with Gasteiger partial charge in [-0.3, -0.25) is 4.79 Å². The average Bonchev–Trinajstić information content (AvgIpc) is 2.99. The standard InChI is InChI=1S/C17H18F2N2O4/c1-20-9-3-4-14(20)16(23)24-11-15(22)21(2)10-12-5-7-13(8-6-12)25-17(18)19/h3-9,17H,10-11H2,1-2H3. The second-order valence-electron chi connectivity index (χ2n) is 5.35. The van der Waals surface area contributed by atoms with E-state index in [1.165, 1.54) is 17.0 Å². The van der Waals surface area contributed by atoms with E-state index in [-0.39, 0.29) is 24.8 Å². The summed E-state index contributed by atoms with van der Waals surface area (Å²) in [6, 6.07) is 9.25. The number of hydrogen-bond donors (Lipinski definition) is 0. The molecule has 2 aromatic rings. The summed E-state index contributed by atoms with van der Waals surface area (Å²) in [5.41, 5.74) is 1.08. The Morgan fingerprint density at radius 3 is 2.44 bits per heavy atom. The number of carbonyl (C=O) groups is 2. The predicted molar refractivity (Wildman–Crippen MR) is 85.2 cm³/mol. The number of aromatic nitrogens is 1. The van der Waals surface area contributed by atoms with Crippen molar-refractivity contribution in [2.75, 3.05) is 13.7 Å². The number of nitrogens with zero attached hydrogens (tertiary/aromatic N) is 2. The summed E-state index contributed by atoms with van der Waals surface area (Å²) in [6.07, 6.45) is 1.70. The van der Waals surface area contributed by atoms with Crippen LogP contribution in [0.2, 0.25) is 0 Å². The van der Waals surface area contributed by atoms with Crippen molar-refractivity contribution in [1.82, 2.24) is 9.47 Å². The Balaban J connectivity index is 1.83. The van der Waals surface area contributed by atoms with Crippen LogP contribution in [0.15, 0.2) is 42.6 Å². The van der Waals surface area contributed by atoms with E-state index in [4.69, 9.17) is 4.74 Å². The van der Waals surface area contributed by atoms with E-state index in [0.717, 1.165) is 5.56 Å². The lowest BCUT2D eigenvalue weighted by atomic mass is 10.2. The number of halogens is 2. The quantitative estimate of drug-likeness (QED) is 0.718. The van der Waals surface area contributed by atoms with Crippen LogP contribution in [0.1, 0.15) is 16.1 Å². The Morgan fingerprint density at radius 2 is 1.88 bits per heavy atom. The smallest absolute Gasteiger partial charge is 0.387 e. The highest BCUT2D eigenvalue weighted by Gasteiger charge is 2.15. The van der Waals surface area contributed by atoms with Crippen molar-refractivity contribution in [2.45, 2.75) is 13.2 Å². The van der Waals surface area contributed by atoms with Crippen LogP contribution in [0.4, 0.5) is 8.78 Å². The molecule has 0 saturated carbocycles. The molecule has 6 nitrogen and oxygen atoms in total. The molecular formula is C17H18F2N2O4. The highest BCUT2D eigenvalue weighted by atomic mass is 19.3. The Hall–Kier alpha value is -2.90. The molecule has 1 heterocycles. The first-order valence-corrected chi connectivity index (χ1v) is 7.43. The van der Waals surface area contributed by atoms with E-state index in [1.807, 2.05) is 0 Å². The number of rotatable bonds is 7. The largest absolute Gasteiger partial charge is 0.451 e. The van der Waals surface area contributed by atoms with Crippen molar-refractivity contribution in [3.8, 4) is 5.75 Å². The van der Waals surface area contributed by atoms with Crippen LogP contribution >= 0.6 is 0 Å². The van der Waals surface area contributed by atoms with Crippen molar-refractivity contribution in [3.63, 3.8) is 0 Å². The van der Waals surface area contributed by atoms with Gasteiger partial charge < -0.3 is 18.9 Å². The molecule has 0 aliphatic heterocycles. The summed E-state index contributed by atoms with van der Waals surface area (Å²) in [5.74, 6) is -0.914. The van der Waals surface area contributed by atoms with Gasteiger partial charge in [-0.25, -0.2) is 4.79 Å². The van der Waals surface area contributed by atoms with E-state index in [0.29, 0.717) is 5.69 Å². The monoisotopic (exact) mass is 352 g/mol. The minimum Gasteiger partial charge on any atom is -0.451 e. The number of esters is 1. The molecule has 2 rings (SSSR count). The van der Waals surface area contributed by atoms with Crippen LogP contribution in [0.3, 0.4) is 0 Å². The van der Waals surface area contributed by atoms with Crippen molar-refractivity contribution in [3.05, 3.63) is 53.9 Å². The fourth-order valence-electron chi connectivity index (χ4n) is 2.12. The topological polar surface area (TPSA) is 60.8 Å². The zero-order valence-electron chi connectivity index (χ0n) is 13.8. The van der Waals surface area contributed by atoms with Gasteiger partial charge in [0.1, 0.15) is 11.4 Å². The van der Waals surface area contributed by atoms with Crippen molar-refractivity contribution in [1.29, 1.82) is 0 Å². The molecule has 0 radical (unpaired) electrons. The molecule has 8 heteroatoms. The number of ether oxygens (including phenoxy) is 2. The van der Waals surface area contributed by atoms with Crippen LogP contribution in [-0.4, -0.2) is 41.6 Å². The summed E-state index contributed by atoms with van der Waals surface area (Å²) < 4.78 is 35.0. The first kappa shape index (κ1) is 18.4. The van der Waals surface area contributed by atoms with Gasteiger partial charge in [0, 0.05) is 26.8 Å². The Labute approximate surface area is 143 Å². The minimum atomic E-state index is -2.88. The van der Waals surface area contributed by atoms with Gasteiger partial charge >= 0.3 is 12.6 Å². The maximum absolute atomic E-state index is 12.1. The molecular weight excluding hydrogens is 334 g/mol. The molecule has 0 spiro atoms. The third-order valence-corrected chi connectivity index (χ3v) is 3.47. The number of aryl methyl sites for hydroxylation is 1. The Kier molecular flexibility index (Phi) is 6.10. The molecule has 0 atom stereocenters. The maximum Gasteiger partial charge on any atom is 0.387 e. The summed E-state index contributed by atoms with van der Waals surface area (Å²) in [5, 5.41) is 0. The molecule has 0 unspecified atom stereocenters. The van der Waals surface area contributed by atoms with E-state index in [1.54, 1.807) is 49.1 Å². The van der Waals surface area contributed by atoms with Gasteiger partial charge in [-0.15, -0.1) is 0 Å². The Morgan fingerprint density at radius 1 is 1.20 bits per heavy atom. The zero-order valence-corrected chi connectivity index (χ0v) is 13.8. The number of amides is 1. The number of benzene rings is 1. The number of carbonyl (C=O) groups excluding carboxylic acids is 2. The minimum absolute atomic E-state index is 0.0456. The van der Waals surface area contributed by atoms with Gasteiger partial charge in [0.15, 0.2) is 6.61 Å². The number of likely N-dealkylation sites (N-methyl/N-ethyl adjacent to an activating group) is 1. The molecule has 134 valence electrons. The van der Waals surface area contributed by atoms with E-state index in [9.17, 15) is 18.4 Å². The average molecular weight is 352 g/mol. The number of alkyl halides is 2. The van der Waals surface area contributed by atoms with Crippen LogP contribution in [0.25, 0.3) is 0 Å². The predicted octanol–water partition coefficient (Wildman–Crippen LogP) is 2.44. The first-order valence-electron chi connectivity index (χ1n) is 7.43. The van der Waals surface area contributed by atoms with Gasteiger partial charge in [-0.1, -0.05) is 12.1 Å². The lowest BCUT2D eigenvalue weighted by molar-refractivity contribution is -0.133. The second-order valence-corrected chi connectivity index (χ2v) is 5.35. The van der Waals surface area contributed by atoms with Gasteiger partial charge in [0.25, 0.3) is 5.91 Å². The molecule has 1 aromatic carbocycles. The molecule has 25 heavy (non-hydrogen) atoms. The molecule has 0 saturated heterocycles. The lowest BCUT2D eigenvalue weighted by Gasteiger charge is -2.17. The van der Waals surface area contributed by atoms with E-state index < -0.39 is 12.6 Å². The molecule has 1 amide bonds. The fraction of sp³-hybridized carbons (Fsp3) is 0.294. The highest BCUT2D eigenvalue weighted by molar-refractivity contribution is 5.89. The molecule has 0 bridgehead atoms. The lowest BCUT2D eigenvalue weighted by Crippen LogP contribution is -2.31. The molecule has 0 aliphatic rings. The summed E-state index contributed by atoms with van der Waals surface area (Å²) in [6.45, 7) is -3.02. The van der Waals surface area contributed by atoms with Crippen molar-refractivity contribution < 1.29 is 27.8 Å². The Bertz CT molecular complexity index is 729.